The highest BCUT2D eigenvalue weighted by atomic mass is 15.2. The molecule has 0 atom stereocenters. The van der Waals surface area contributed by atoms with Crippen LogP contribution in [-0.2, 0) is 0 Å². The zero-order valence-corrected chi connectivity index (χ0v) is 13.8. The van der Waals surface area contributed by atoms with Crippen molar-refractivity contribution in [2.45, 2.75) is 32.1 Å². The number of aromatic nitrogens is 2. The van der Waals surface area contributed by atoms with Crippen molar-refractivity contribution >= 4 is 5.69 Å². The zero-order valence-electron chi connectivity index (χ0n) is 13.8. The number of piperazine rings is 1. The average molecular weight is 308 g/mol. The lowest BCUT2D eigenvalue weighted by Crippen LogP contribution is -2.44. The van der Waals surface area contributed by atoms with E-state index in [1.807, 2.05) is 0 Å². The normalized spacial score (nSPS) is 18.7. The molecule has 2 aromatic rings. The first kappa shape index (κ1) is 14.6. The average Bonchev–Trinajstić information content (AvgIpc) is 2.54. The molecule has 1 aliphatic heterocycles. The van der Waals surface area contributed by atoms with Gasteiger partial charge in [-0.2, -0.15) is 0 Å². The fourth-order valence-electron chi connectivity index (χ4n) is 3.44. The summed E-state index contributed by atoms with van der Waals surface area (Å²) in [6.45, 7) is 6.30. The van der Waals surface area contributed by atoms with Gasteiger partial charge < -0.3 is 10.2 Å². The Labute approximate surface area is 138 Å². The summed E-state index contributed by atoms with van der Waals surface area (Å²) in [6, 6.07) is 8.48. The molecule has 4 heteroatoms. The number of hydrogen-bond donors (Lipinski definition) is 1. The number of benzene rings is 1. The first-order valence-electron chi connectivity index (χ1n) is 8.71. The second kappa shape index (κ2) is 6.28. The summed E-state index contributed by atoms with van der Waals surface area (Å²) in [7, 11) is 0. The summed E-state index contributed by atoms with van der Waals surface area (Å²) < 4.78 is 0. The van der Waals surface area contributed by atoms with Crippen molar-refractivity contribution in [3.8, 4) is 11.4 Å². The van der Waals surface area contributed by atoms with Gasteiger partial charge in [-0.15, -0.1) is 0 Å². The highest BCUT2D eigenvalue weighted by Gasteiger charge is 2.27. The van der Waals surface area contributed by atoms with Gasteiger partial charge in [0.15, 0.2) is 5.82 Å². The van der Waals surface area contributed by atoms with Crippen LogP contribution in [0.5, 0.6) is 0 Å². The molecule has 2 heterocycles. The highest BCUT2D eigenvalue weighted by Crippen LogP contribution is 2.40. The molecule has 0 spiro atoms. The first-order chi connectivity index (χ1) is 11.3. The zero-order chi connectivity index (χ0) is 15.6. The lowest BCUT2D eigenvalue weighted by atomic mass is 9.82. The topological polar surface area (TPSA) is 41.1 Å². The minimum atomic E-state index is 0.617. The van der Waals surface area contributed by atoms with Crippen molar-refractivity contribution in [2.75, 3.05) is 31.1 Å². The van der Waals surface area contributed by atoms with E-state index < -0.39 is 0 Å². The molecule has 0 radical (unpaired) electrons. The largest absolute Gasteiger partial charge is 0.366 e. The van der Waals surface area contributed by atoms with Crippen LogP contribution in [0.4, 0.5) is 5.69 Å². The van der Waals surface area contributed by atoms with Gasteiger partial charge in [-0.3, -0.25) is 0 Å². The molecule has 0 unspecified atom stereocenters. The van der Waals surface area contributed by atoms with Crippen LogP contribution in [0.3, 0.4) is 0 Å². The maximum atomic E-state index is 5.01. The predicted molar refractivity (Wildman–Crippen MR) is 93.9 cm³/mol. The van der Waals surface area contributed by atoms with Gasteiger partial charge in [-0.25, -0.2) is 9.97 Å². The number of nitrogens with zero attached hydrogens (tertiary/aromatic N) is 3. The van der Waals surface area contributed by atoms with Crippen LogP contribution < -0.4 is 10.2 Å². The van der Waals surface area contributed by atoms with E-state index in [-0.39, 0.29) is 0 Å². The third kappa shape index (κ3) is 2.95. The van der Waals surface area contributed by atoms with E-state index in [0.717, 1.165) is 37.6 Å². The smallest absolute Gasteiger partial charge is 0.159 e. The van der Waals surface area contributed by atoms with Gasteiger partial charge in [0, 0.05) is 37.7 Å². The van der Waals surface area contributed by atoms with Gasteiger partial charge in [0.2, 0.25) is 0 Å². The summed E-state index contributed by atoms with van der Waals surface area (Å²) >= 11 is 0. The fourth-order valence-corrected chi connectivity index (χ4v) is 3.44. The summed E-state index contributed by atoms with van der Waals surface area (Å²) in [6.07, 6.45) is 5.92. The Bertz CT molecular complexity index is 688. The van der Waals surface area contributed by atoms with E-state index in [2.05, 4.69) is 47.6 Å². The lowest BCUT2D eigenvalue weighted by molar-refractivity contribution is 0.410. The van der Waals surface area contributed by atoms with E-state index in [1.165, 1.54) is 36.2 Å². The molecule has 4 rings (SSSR count). The Hall–Kier alpha value is -1.94. The van der Waals surface area contributed by atoms with Gasteiger partial charge in [0.1, 0.15) is 0 Å². The van der Waals surface area contributed by atoms with Crippen molar-refractivity contribution in [1.29, 1.82) is 0 Å². The van der Waals surface area contributed by atoms with Crippen molar-refractivity contribution in [1.82, 2.24) is 15.3 Å². The minimum Gasteiger partial charge on any atom is -0.366 e. The molecule has 1 saturated heterocycles. The maximum Gasteiger partial charge on any atom is 0.159 e. The number of aryl methyl sites for hydroxylation is 1. The SMILES string of the molecule is Cc1cccc(-c2ncc(N3CCNCC3)c(C3CCC3)n2)c1. The van der Waals surface area contributed by atoms with Gasteiger partial charge in [-0.1, -0.05) is 30.2 Å². The molecular weight excluding hydrogens is 284 g/mol. The molecule has 1 aromatic heterocycles. The van der Waals surface area contributed by atoms with Crippen LogP contribution >= 0.6 is 0 Å². The molecule has 2 aliphatic rings. The standard InChI is InChI=1S/C19H24N4/c1-14-4-2-7-16(12-14)19-21-13-17(23-10-8-20-9-11-23)18(22-19)15-5-3-6-15/h2,4,7,12-13,15,20H,3,5-6,8-11H2,1H3. The first-order valence-corrected chi connectivity index (χ1v) is 8.71. The van der Waals surface area contributed by atoms with Crippen molar-refractivity contribution in [3.05, 3.63) is 41.7 Å². The number of rotatable bonds is 3. The summed E-state index contributed by atoms with van der Waals surface area (Å²) in [5, 5.41) is 3.42. The van der Waals surface area contributed by atoms with E-state index in [9.17, 15) is 0 Å². The van der Waals surface area contributed by atoms with E-state index >= 15 is 0 Å². The van der Waals surface area contributed by atoms with Crippen molar-refractivity contribution in [3.63, 3.8) is 0 Å². The summed E-state index contributed by atoms with van der Waals surface area (Å²) in [5.41, 5.74) is 4.90. The van der Waals surface area contributed by atoms with Gasteiger partial charge in [-0.05, 0) is 25.8 Å². The Morgan fingerprint density at radius 2 is 2.00 bits per heavy atom. The number of nitrogens with one attached hydrogen (secondary N) is 1. The lowest BCUT2D eigenvalue weighted by Gasteiger charge is -2.34. The van der Waals surface area contributed by atoms with Crippen LogP contribution in [-0.4, -0.2) is 36.1 Å². The Kier molecular flexibility index (Phi) is 4.00. The molecule has 4 nitrogen and oxygen atoms in total. The monoisotopic (exact) mass is 308 g/mol. The Morgan fingerprint density at radius 3 is 2.70 bits per heavy atom. The Morgan fingerprint density at radius 1 is 1.17 bits per heavy atom. The van der Waals surface area contributed by atoms with E-state index in [1.54, 1.807) is 0 Å². The van der Waals surface area contributed by atoms with Crippen LogP contribution in [0.1, 0.15) is 36.4 Å². The summed E-state index contributed by atoms with van der Waals surface area (Å²) in [5.74, 6) is 1.49. The number of hydrogen-bond acceptors (Lipinski definition) is 4. The predicted octanol–water partition coefficient (Wildman–Crippen LogP) is 3.13. The quantitative estimate of drug-likeness (QED) is 0.946. The Balaban J connectivity index is 1.72. The molecule has 1 aromatic carbocycles. The van der Waals surface area contributed by atoms with Gasteiger partial charge in [0.05, 0.1) is 17.6 Å². The van der Waals surface area contributed by atoms with E-state index in [0.29, 0.717) is 5.92 Å². The van der Waals surface area contributed by atoms with Crippen LogP contribution in [0, 0.1) is 6.92 Å². The molecule has 1 N–H and O–H groups in total. The van der Waals surface area contributed by atoms with Crippen LogP contribution in [0.2, 0.25) is 0 Å². The third-order valence-electron chi connectivity index (χ3n) is 5.02. The van der Waals surface area contributed by atoms with Crippen molar-refractivity contribution in [2.24, 2.45) is 0 Å². The molecule has 1 aliphatic carbocycles. The van der Waals surface area contributed by atoms with Gasteiger partial charge >= 0.3 is 0 Å². The second-order valence-corrected chi connectivity index (χ2v) is 6.70. The molecule has 23 heavy (non-hydrogen) atoms. The van der Waals surface area contributed by atoms with Crippen molar-refractivity contribution < 1.29 is 0 Å². The molecule has 0 amide bonds. The fraction of sp³-hybridized carbons (Fsp3) is 0.474. The minimum absolute atomic E-state index is 0.617. The molecule has 120 valence electrons. The number of anilines is 1. The molecule has 1 saturated carbocycles. The van der Waals surface area contributed by atoms with Gasteiger partial charge in [0.25, 0.3) is 0 Å². The second-order valence-electron chi connectivity index (χ2n) is 6.70. The molecule has 0 bridgehead atoms. The van der Waals surface area contributed by atoms with E-state index in [4.69, 9.17) is 9.97 Å². The molecular formula is C19H24N4. The summed E-state index contributed by atoms with van der Waals surface area (Å²) in [4.78, 5) is 12.2. The maximum absolute atomic E-state index is 5.01. The van der Waals surface area contributed by atoms with Crippen LogP contribution in [0.15, 0.2) is 30.5 Å². The third-order valence-corrected chi connectivity index (χ3v) is 5.02. The van der Waals surface area contributed by atoms with Crippen LogP contribution in [0.25, 0.3) is 11.4 Å². The highest BCUT2D eigenvalue weighted by molar-refractivity contribution is 5.60. The molecule has 2 fully saturated rings.